The second-order valence-electron chi connectivity index (χ2n) is 5.22. The number of rotatable bonds is 1. The number of hydrogen-bond donors (Lipinski definition) is 1. The molecule has 2 aliphatic rings. The van der Waals surface area contributed by atoms with Crippen LogP contribution in [0.3, 0.4) is 0 Å². The van der Waals surface area contributed by atoms with Gasteiger partial charge in [0.05, 0.1) is 6.10 Å². The van der Waals surface area contributed by atoms with Crippen molar-refractivity contribution >= 4 is 0 Å². The Morgan fingerprint density at radius 1 is 1.14 bits per heavy atom. The second-order valence-corrected chi connectivity index (χ2v) is 5.22. The van der Waals surface area contributed by atoms with Gasteiger partial charge < -0.3 is 5.11 Å². The fourth-order valence-corrected chi connectivity index (χ4v) is 3.05. The fraction of sp³-hybridized carbons (Fsp3) is 1.00. The molecule has 0 radical (unpaired) electrons. The lowest BCUT2D eigenvalue weighted by atomic mass is 9.85. The molecule has 0 unspecified atom stereocenters. The molecule has 1 N–H and O–H groups in total. The molecule has 0 spiro atoms. The molecular formula is C12H23NO. The van der Waals surface area contributed by atoms with Gasteiger partial charge in [0, 0.05) is 12.6 Å². The minimum Gasteiger partial charge on any atom is -0.392 e. The Bertz CT molecular complexity index is 163. The van der Waals surface area contributed by atoms with Crippen molar-refractivity contribution in [2.45, 2.75) is 57.6 Å². The van der Waals surface area contributed by atoms with Gasteiger partial charge in [-0.2, -0.15) is 0 Å². The highest BCUT2D eigenvalue weighted by atomic mass is 16.3. The van der Waals surface area contributed by atoms with Gasteiger partial charge in [-0.3, -0.25) is 4.90 Å². The topological polar surface area (TPSA) is 23.5 Å². The van der Waals surface area contributed by atoms with Crippen LogP contribution in [0.15, 0.2) is 0 Å². The molecule has 14 heavy (non-hydrogen) atoms. The number of likely N-dealkylation sites (tertiary alicyclic amines) is 1. The van der Waals surface area contributed by atoms with Gasteiger partial charge in [0.25, 0.3) is 0 Å². The molecule has 82 valence electrons. The Kier molecular flexibility index (Phi) is 3.45. The van der Waals surface area contributed by atoms with Crippen molar-refractivity contribution in [3.8, 4) is 0 Å². The standard InChI is InChI=1S/C12H23NO/c1-10-4-2-5-11(8-10)13-7-3-6-12(14)9-13/h10-12,14H,2-9H2,1H3/t10-,11+,12-/m0/s1. The van der Waals surface area contributed by atoms with E-state index in [1.54, 1.807) is 0 Å². The van der Waals surface area contributed by atoms with Crippen molar-refractivity contribution in [1.29, 1.82) is 0 Å². The number of piperidine rings is 1. The summed E-state index contributed by atoms with van der Waals surface area (Å²) in [6, 6.07) is 0.772. The summed E-state index contributed by atoms with van der Waals surface area (Å²) in [5, 5.41) is 9.63. The maximum absolute atomic E-state index is 9.63. The van der Waals surface area contributed by atoms with Crippen molar-refractivity contribution in [1.82, 2.24) is 4.90 Å². The fourth-order valence-electron chi connectivity index (χ4n) is 3.05. The Balaban J connectivity index is 1.86. The number of hydrogen-bond acceptors (Lipinski definition) is 2. The van der Waals surface area contributed by atoms with Gasteiger partial charge in [0.15, 0.2) is 0 Å². The summed E-state index contributed by atoms with van der Waals surface area (Å²) < 4.78 is 0. The lowest BCUT2D eigenvalue weighted by Gasteiger charge is -2.40. The molecule has 2 rings (SSSR count). The van der Waals surface area contributed by atoms with Crippen LogP contribution in [0.5, 0.6) is 0 Å². The van der Waals surface area contributed by atoms with Crippen molar-refractivity contribution in [3.63, 3.8) is 0 Å². The lowest BCUT2D eigenvalue weighted by Crippen LogP contribution is -2.46. The molecule has 0 bridgehead atoms. The van der Waals surface area contributed by atoms with Gasteiger partial charge >= 0.3 is 0 Å². The molecule has 2 nitrogen and oxygen atoms in total. The summed E-state index contributed by atoms with van der Waals surface area (Å²) in [7, 11) is 0. The first-order valence-corrected chi connectivity index (χ1v) is 6.18. The van der Waals surface area contributed by atoms with Crippen molar-refractivity contribution in [2.75, 3.05) is 13.1 Å². The third kappa shape index (κ3) is 2.48. The Hall–Kier alpha value is -0.0800. The number of aliphatic hydroxyl groups excluding tert-OH is 1. The highest BCUT2D eigenvalue weighted by molar-refractivity contribution is 4.82. The molecule has 0 aromatic carbocycles. The van der Waals surface area contributed by atoms with Crippen LogP contribution in [-0.4, -0.2) is 35.2 Å². The average molecular weight is 197 g/mol. The Labute approximate surface area is 87.3 Å². The predicted octanol–water partition coefficient (Wildman–Crippen LogP) is 2.02. The molecule has 1 aliphatic heterocycles. The zero-order valence-corrected chi connectivity index (χ0v) is 9.28. The van der Waals surface area contributed by atoms with E-state index in [2.05, 4.69) is 11.8 Å². The largest absolute Gasteiger partial charge is 0.392 e. The van der Waals surface area contributed by atoms with Crippen LogP contribution >= 0.6 is 0 Å². The van der Waals surface area contributed by atoms with Crippen LogP contribution in [0.2, 0.25) is 0 Å². The van der Waals surface area contributed by atoms with Crippen LogP contribution in [-0.2, 0) is 0 Å². The van der Waals surface area contributed by atoms with E-state index >= 15 is 0 Å². The normalized spacial score (nSPS) is 41.1. The van der Waals surface area contributed by atoms with E-state index < -0.39 is 0 Å². The molecule has 0 amide bonds. The van der Waals surface area contributed by atoms with Gasteiger partial charge in [0.1, 0.15) is 0 Å². The molecular weight excluding hydrogens is 174 g/mol. The third-order valence-corrected chi connectivity index (χ3v) is 3.85. The van der Waals surface area contributed by atoms with Crippen LogP contribution in [0.25, 0.3) is 0 Å². The van der Waals surface area contributed by atoms with Crippen LogP contribution < -0.4 is 0 Å². The Morgan fingerprint density at radius 2 is 2.00 bits per heavy atom. The summed E-state index contributed by atoms with van der Waals surface area (Å²) >= 11 is 0. The maximum Gasteiger partial charge on any atom is 0.0667 e. The maximum atomic E-state index is 9.63. The summed E-state index contributed by atoms with van der Waals surface area (Å²) in [6.45, 7) is 4.51. The zero-order chi connectivity index (χ0) is 9.97. The molecule has 2 fully saturated rings. The molecule has 3 atom stereocenters. The highest BCUT2D eigenvalue weighted by Gasteiger charge is 2.27. The lowest BCUT2D eigenvalue weighted by molar-refractivity contribution is 0.0300. The van der Waals surface area contributed by atoms with Gasteiger partial charge in [-0.15, -0.1) is 0 Å². The number of β-amino-alcohol motifs (C(OH)–C–C–N with tert-alkyl or cyclic N) is 1. The smallest absolute Gasteiger partial charge is 0.0667 e. The third-order valence-electron chi connectivity index (χ3n) is 3.85. The minimum absolute atomic E-state index is 0.0546. The summed E-state index contributed by atoms with van der Waals surface area (Å²) in [5.74, 6) is 0.896. The van der Waals surface area contributed by atoms with Gasteiger partial charge in [-0.25, -0.2) is 0 Å². The minimum atomic E-state index is -0.0546. The predicted molar refractivity (Wildman–Crippen MR) is 58.2 cm³/mol. The summed E-state index contributed by atoms with van der Waals surface area (Å²) in [5.41, 5.74) is 0. The van der Waals surface area contributed by atoms with E-state index in [1.807, 2.05) is 0 Å². The van der Waals surface area contributed by atoms with Crippen molar-refractivity contribution in [3.05, 3.63) is 0 Å². The van der Waals surface area contributed by atoms with E-state index in [-0.39, 0.29) is 6.10 Å². The Morgan fingerprint density at radius 3 is 2.71 bits per heavy atom. The molecule has 0 aromatic rings. The van der Waals surface area contributed by atoms with Crippen LogP contribution in [0.4, 0.5) is 0 Å². The van der Waals surface area contributed by atoms with E-state index in [9.17, 15) is 5.11 Å². The number of aliphatic hydroxyl groups is 1. The zero-order valence-electron chi connectivity index (χ0n) is 9.28. The van der Waals surface area contributed by atoms with Gasteiger partial charge in [-0.1, -0.05) is 19.8 Å². The van der Waals surface area contributed by atoms with Crippen molar-refractivity contribution in [2.24, 2.45) is 5.92 Å². The summed E-state index contributed by atoms with van der Waals surface area (Å²) in [6.07, 6.45) is 7.65. The van der Waals surface area contributed by atoms with E-state index in [0.29, 0.717) is 0 Å². The molecule has 0 aromatic heterocycles. The second kappa shape index (κ2) is 4.63. The quantitative estimate of drug-likeness (QED) is 0.695. The first kappa shape index (κ1) is 10.4. The average Bonchev–Trinajstić information content (AvgIpc) is 2.18. The SMILES string of the molecule is C[C@H]1CCC[C@@H](N2CCC[C@H](O)C2)C1. The van der Waals surface area contributed by atoms with Gasteiger partial charge in [-0.05, 0) is 38.1 Å². The van der Waals surface area contributed by atoms with E-state index in [1.165, 1.54) is 38.6 Å². The van der Waals surface area contributed by atoms with E-state index in [4.69, 9.17) is 0 Å². The molecule has 1 saturated carbocycles. The molecule has 1 saturated heterocycles. The molecule has 1 aliphatic carbocycles. The van der Waals surface area contributed by atoms with Crippen molar-refractivity contribution < 1.29 is 5.11 Å². The highest BCUT2D eigenvalue weighted by Crippen LogP contribution is 2.28. The van der Waals surface area contributed by atoms with E-state index in [0.717, 1.165) is 24.9 Å². The molecule has 1 heterocycles. The van der Waals surface area contributed by atoms with Crippen LogP contribution in [0.1, 0.15) is 45.4 Å². The van der Waals surface area contributed by atoms with Gasteiger partial charge in [0.2, 0.25) is 0 Å². The first-order chi connectivity index (χ1) is 6.75. The first-order valence-electron chi connectivity index (χ1n) is 6.18. The number of nitrogens with zero attached hydrogens (tertiary/aromatic N) is 1. The summed E-state index contributed by atoms with van der Waals surface area (Å²) in [4.78, 5) is 2.53. The van der Waals surface area contributed by atoms with Crippen LogP contribution in [0, 0.1) is 5.92 Å². The molecule has 2 heteroatoms. The monoisotopic (exact) mass is 197 g/mol.